The third-order valence-electron chi connectivity index (χ3n) is 7.55. The van der Waals surface area contributed by atoms with Crippen molar-refractivity contribution in [1.29, 1.82) is 0 Å². The summed E-state index contributed by atoms with van der Waals surface area (Å²) < 4.78 is 11.6. The van der Waals surface area contributed by atoms with Crippen LogP contribution in [0, 0.1) is 20.2 Å². The van der Waals surface area contributed by atoms with Gasteiger partial charge in [0.05, 0.1) is 22.5 Å². The van der Waals surface area contributed by atoms with Crippen LogP contribution in [-0.4, -0.2) is 50.5 Å². The van der Waals surface area contributed by atoms with Crippen LogP contribution < -0.4 is 9.47 Å². The number of nitrogens with zero attached hydrogens (tertiary/aromatic N) is 3. The van der Waals surface area contributed by atoms with E-state index in [2.05, 4.69) is 0 Å². The van der Waals surface area contributed by atoms with E-state index in [-0.39, 0.29) is 54.8 Å². The minimum atomic E-state index is -1.07. The van der Waals surface area contributed by atoms with Crippen LogP contribution in [0.25, 0.3) is 0 Å². The van der Waals surface area contributed by atoms with E-state index in [4.69, 9.17) is 9.47 Å². The molecule has 218 valence electrons. The zero-order valence-electron chi connectivity index (χ0n) is 22.7. The molecule has 2 aliphatic carbocycles. The van der Waals surface area contributed by atoms with Crippen LogP contribution in [0.3, 0.4) is 0 Å². The van der Waals surface area contributed by atoms with E-state index in [1.807, 2.05) is 0 Å². The fraction of sp³-hybridized carbons (Fsp3) is 0.345. The highest BCUT2D eigenvalue weighted by Crippen LogP contribution is 2.50. The van der Waals surface area contributed by atoms with Crippen molar-refractivity contribution in [1.82, 2.24) is 4.90 Å². The van der Waals surface area contributed by atoms with Crippen molar-refractivity contribution in [3.63, 3.8) is 0 Å². The molecule has 13 nitrogen and oxygen atoms in total. The van der Waals surface area contributed by atoms with Crippen LogP contribution in [0.15, 0.2) is 58.9 Å². The van der Waals surface area contributed by atoms with E-state index in [9.17, 15) is 39.7 Å². The second kappa shape index (κ2) is 11.4. The van der Waals surface area contributed by atoms with Gasteiger partial charge in [-0.1, -0.05) is 6.07 Å². The molecule has 0 atom stereocenters. The molecule has 42 heavy (non-hydrogen) atoms. The van der Waals surface area contributed by atoms with Crippen molar-refractivity contribution in [2.75, 3.05) is 13.2 Å². The second-order valence-electron chi connectivity index (χ2n) is 10.1. The van der Waals surface area contributed by atoms with Crippen LogP contribution in [-0.2, 0) is 14.4 Å². The Balaban J connectivity index is 1.63. The lowest BCUT2D eigenvalue weighted by Crippen LogP contribution is -2.41. The molecule has 0 fully saturated rings. The van der Waals surface area contributed by atoms with Gasteiger partial charge in [-0.15, -0.1) is 0 Å². The number of ether oxygens (including phenoxy) is 2. The number of carbonyl (C=O) groups excluding carboxylic acids is 2. The van der Waals surface area contributed by atoms with Gasteiger partial charge in [-0.25, -0.2) is 0 Å². The minimum absolute atomic E-state index is 0.0919. The molecular weight excluding hydrogens is 550 g/mol. The zero-order chi connectivity index (χ0) is 30.1. The maximum absolute atomic E-state index is 13.4. The summed E-state index contributed by atoms with van der Waals surface area (Å²) in [6, 6.07) is 7.80. The van der Waals surface area contributed by atoms with Gasteiger partial charge in [0.2, 0.25) is 5.75 Å². The maximum Gasteiger partial charge on any atom is 0.323 e. The molecule has 2 aromatic rings. The Morgan fingerprint density at radius 1 is 0.905 bits per heavy atom. The molecule has 1 heterocycles. The number of nitro groups is 2. The number of hydrogen-bond donors (Lipinski definition) is 1. The molecule has 0 saturated carbocycles. The number of allylic oxidation sites excluding steroid dienone is 4. The van der Waals surface area contributed by atoms with Crippen molar-refractivity contribution in [3.05, 3.63) is 84.7 Å². The Morgan fingerprint density at radius 2 is 1.52 bits per heavy atom. The number of non-ortho nitro benzene ring substituents is 1. The summed E-state index contributed by atoms with van der Waals surface area (Å²) in [6.07, 6.45) is 2.69. The van der Waals surface area contributed by atoms with Crippen molar-refractivity contribution in [2.24, 2.45) is 0 Å². The average Bonchev–Trinajstić information content (AvgIpc) is 2.94. The van der Waals surface area contributed by atoms with Gasteiger partial charge in [-0.05, 0) is 56.4 Å². The summed E-state index contributed by atoms with van der Waals surface area (Å²) in [5, 5.41) is 32.4. The van der Waals surface area contributed by atoms with Crippen LogP contribution in [0.1, 0.15) is 56.9 Å². The molecule has 0 radical (unpaired) electrons. The highest BCUT2D eigenvalue weighted by molar-refractivity contribution is 6.06. The number of carboxylic acid groups (broad SMARTS) is 1. The monoisotopic (exact) mass is 577 g/mol. The molecule has 1 N–H and O–H groups in total. The van der Waals surface area contributed by atoms with Crippen LogP contribution in [0.2, 0.25) is 0 Å². The second-order valence-corrected chi connectivity index (χ2v) is 10.1. The van der Waals surface area contributed by atoms with E-state index in [1.165, 1.54) is 6.07 Å². The Hall–Kier alpha value is -5.07. The summed E-state index contributed by atoms with van der Waals surface area (Å²) in [6.45, 7) is 1.57. The number of aliphatic carboxylic acids is 1. The quantitative estimate of drug-likeness (QED) is 0.306. The van der Waals surface area contributed by atoms with Crippen molar-refractivity contribution < 1.29 is 38.8 Å². The highest BCUT2D eigenvalue weighted by Gasteiger charge is 2.44. The first kappa shape index (κ1) is 28.5. The van der Waals surface area contributed by atoms with Crippen LogP contribution in [0.5, 0.6) is 17.2 Å². The molecule has 2 aromatic carbocycles. The topological polar surface area (TPSA) is 179 Å². The van der Waals surface area contributed by atoms with E-state index in [0.717, 1.165) is 18.2 Å². The van der Waals surface area contributed by atoms with Gasteiger partial charge >= 0.3 is 11.7 Å². The van der Waals surface area contributed by atoms with Gasteiger partial charge in [-0.2, -0.15) is 0 Å². The molecule has 13 heteroatoms. The zero-order valence-corrected chi connectivity index (χ0v) is 22.7. The molecule has 5 rings (SSSR count). The summed E-state index contributed by atoms with van der Waals surface area (Å²) in [5.41, 5.74) is 1.53. The van der Waals surface area contributed by atoms with Gasteiger partial charge in [0.15, 0.2) is 23.1 Å². The predicted octanol–water partition coefficient (Wildman–Crippen LogP) is 5.19. The molecule has 0 aromatic heterocycles. The first-order valence-corrected chi connectivity index (χ1v) is 13.5. The minimum Gasteiger partial charge on any atom is -0.490 e. The summed E-state index contributed by atoms with van der Waals surface area (Å²) >= 11 is 0. The standard InChI is InChI=1S/C29H27N3O10/c1-2-41-25-13-16(9-11-24(25)42-23-12-10-17(31(37)38)14-20(23)32(39)40)27-28-18(5-3-7-21(28)33)30(15-26(35)36)19-6-4-8-22(34)29(19)27/h9-14,27H,2-8,15H2,1H3,(H,35,36). The Kier molecular flexibility index (Phi) is 7.74. The summed E-state index contributed by atoms with van der Waals surface area (Å²) in [5.74, 6) is -2.06. The number of carbonyl (C=O) groups is 3. The first-order chi connectivity index (χ1) is 20.1. The smallest absolute Gasteiger partial charge is 0.323 e. The third kappa shape index (κ3) is 5.20. The van der Waals surface area contributed by atoms with E-state index < -0.39 is 33.1 Å². The van der Waals surface area contributed by atoms with Crippen LogP contribution >= 0.6 is 0 Å². The molecule has 3 aliphatic rings. The lowest BCUT2D eigenvalue weighted by atomic mass is 9.71. The summed E-state index contributed by atoms with van der Waals surface area (Å²) in [4.78, 5) is 61.4. The highest BCUT2D eigenvalue weighted by atomic mass is 16.6. The van der Waals surface area contributed by atoms with Crippen molar-refractivity contribution >= 4 is 28.9 Å². The lowest BCUT2D eigenvalue weighted by Gasteiger charge is -2.43. The fourth-order valence-electron chi connectivity index (χ4n) is 5.90. The number of hydrogen-bond acceptors (Lipinski definition) is 10. The normalized spacial score (nSPS) is 17.1. The maximum atomic E-state index is 13.4. The van der Waals surface area contributed by atoms with Gasteiger partial charge in [0, 0.05) is 47.4 Å². The van der Waals surface area contributed by atoms with Gasteiger partial charge in [0.1, 0.15) is 6.54 Å². The van der Waals surface area contributed by atoms with Gasteiger partial charge < -0.3 is 19.5 Å². The Bertz CT molecular complexity index is 1550. The number of Topliss-reactive ketones (excluding diaryl/α,β-unsaturated/α-hetero) is 2. The SMILES string of the molecule is CCOc1cc(C2C3=C(CCCC3=O)N(CC(=O)O)C3=C2C(=O)CCC3)ccc1Oc1ccc([N+](=O)[O-])cc1[N+](=O)[O-]. The van der Waals surface area contributed by atoms with Crippen molar-refractivity contribution in [2.45, 2.75) is 51.4 Å². The lowest BCUT2D eigenvalue weighted by molar-refractivity contribution is -0.394. The predicted molar refractivity (Wildman–Crippen MR) is 146 cm³/mol. The molecule has 0 spiro atoms. The van der Waals surface area contributed by atoms with Gasteiger partial charge in [0.25, 0.3) is 5.69 Å². The number of carboxylic acids is 1. The Morgan fingerprint density at radius 3 is 2.07 bits per heavy atom. The molecular formula is C29H27N3O10. The Labute approximate surface area is 239 Å². The number of nitro benzene ring substituents is 2. The third-order valence-corrected chi connectivity index (χ3v) is 7.55. The van der Waals surface area contributed by atoms with Crippen LogP contribution in [0.4, 0.5) is 11.4 Å². The average molecular weight is 578 g/mol. The van der Waals surface area contributed by atoms with Gasteiger partial charge in [-0.3, -0.25) is 34.6 Å². The molecule has 1 aliphatic heterocycles. The number of ketones is 2. The first-order valence-electron chi connectivity index (χ1n) is 13.5. The number of benzene rings is 2. The van der Waals surface area contributed by atoms with E-state index >= 15 is 0 Å². The molecule has 0 saturated heterocycles. The summed E-state index contributed by atoms with van der Waals surface area (Å²) in [7, 11) is 0. The molecule has 0 bridgehead atoms. The van der Waals surface area contributed by atoms with E-state index in [1.54, 1.807) is 24.0 Å². The molecule has 0 amide bonds. The van der Waals surface area contributed by atoms with E-state index in [0.29, 0.717) is 53.8 Å². The number of rotatable bonds is 9. The fourth-order valence-corrected chi connectivity index (χ4v) is 5.90. The van der Waals surface area contributed by atoms with Crippen molar-refractivity contribution in [3.8, 4) is 17.2 Å². The largest absolute Gasteiger partial charge is 0.490 e. The molecule has 0 unspecified atom stereocenters.